The number of sulfonamides is 1. The first-order chi connectivity index (χ1) is 16.6. The fourth-order valence-corrected chi connectivity index (χ4v) is 4.99. The van der Waals surface area contributed by atoms with Gasteiger partial charge in [-0.1, -0.05) is 35.9 Å². The number of benzene rings is 3. The third kappa shape index (κ3) is 4.78. The van der Waals surface area contributed by atoms with E-state index in [1.807, 2.05) is 38.1 Å². The van der Waals surface area contributed by atoms with Crippen molar-refractivity contribution in [3.63, 3.8) is 0 Å². The van der Waals surface area contributed by atoms with Gasteiger partial charge in [0.05, 0.1) is 22.1 Å². The monoisotopic (exact) mass is 509 g/mol. The number of amidine groups is 1. The number of anilines is 2. The first-order valence-electron chi connectivity index (χ1n) is 10.7. The van der Waals surface area contributed by atoms with E-state index in [4.69, 9.17) is 11.6 Å². The predicted octanol–water partition coefficient (Wildman–Crippen LogP) is 4.79. The Hall–Kier alpha value is -3.69. The van der Waals surface area contributed by atoms with Crippen LogP contribution in [-0.2, 0) is 14.8 Å². The topological polar surface area (TPSA) is 94.4 Å². The van der Waals surface area contributed by atoms with Crippen molar-refractivity contribution in [1.82, 2.24) is 4.31 Å². The molecule has 0 aromatic heterocycles. The predicted molar refractivity (Wildman–Crippen MR) is 141 cm³/mol. The number of carbonyl (C=O) groups is 1. The molecular weight excluding hydrogens is 486 g/mol. The maximum atomic E-state index is 13.5. The van der Waals surface area contributed by atoms with Crippen LogP contribution < -0.4 is 10.2 Å². The van der Waals surface area contributed by atoms with Crippen molar-refractivity contribution in [2.75, 3.05) is 31.4 Å². The molecule has 0 bridgehead atoms. The van der Waals surface area contributed by atoms with Gasteiger partial charge in [-0.25, -0.2) is 18.4 Å². The number of aliphatic imine (C=N–C) groups is 2. The molecular formula is C25H24ClN5O3S. The van der Waals surface area contributed by atoms with Crippen molar-refractivity contribution >= 4 is 61.8 Å². The minimum Gasteiger partial charge on any atom is -0.378 e. The molecule has 1 heterocycles. The molecule has 1 amide bonds. The maximum absolute atomic E-state index is 13.5. The smallest absolute Gasteiger partial charge is 0.278 e. The number of hydrogen-bond acceptors (Lipinski definition) is 6. The molecule has 10 heteroatoms. The second-order valence-electron chi connectivity index (χ2n) is 8.14. The molecule has 0 aliphatic carbocycles. The summed E-state index contributed by atoms with van der Waals surface area (Å²) in [5, 5.41) is 3.07. The summed E-state index contributed by atoms with van der Waals surface area (Å²) in [6.45, 7) is 1.87. The number of hydrogen-bond donors (Lipinski definition) is 1. The van der Waals surface area contributed by atoms with Gasteiger partial charge >= 0.3 is 0 Å². The fraction of sp³-hybridized carbons (Fsp3) is 0.160. The molecule has 0 saturated carbocycles. The summed E-state index contributed by atoms with van der Waals surface area (Å²) in [6, 6.07) is 18.7. The Labute approximate surface area is 209 Å². The molecule has 0 fully saturated rings. The normalized spacial score (nSPS) is 14.7. The number of amides is 1. The Kier molecular flexibility index (Phi) is 6.64. The van der Waals surface area contributed by atoms with Gasteiger partial charge in [0.15, 0.2) is 11.5 Å². The number of nitrogens with zero attached hydrogens (tertiary/aromatic N) is 4. The average Bonchev–Trinajstić information content (AvgIpc) is 2.82. The highest BCUT2D eigenvalue weighted by atomic mass is 35.5. The zero-order valence-corrected chi connectivity index (χ0v) is 21.2. The number of para-hydroxylation sites is 2. The molecule has 0 radical (unpaired) electrons. The Morgan fingerprint density at radius 1 is 1.06 bits per heavy atom. The Morgan fingerprint density at radius 2 is 1.74 bits per heavy atom. The summed E-state index contributed by atoms with van der Waals surface area (Å²) in [5.41, 5.74) is 2.72. The molecule has 3 aromatic rings. The van der Waals surface area contributed by atoms with E-state index in [1.54, 1.807) is 48.5 Å². The lowest BCUT2D eigenvalue weighted by atomic mass is 10.1. The number of carbonyl (C=O) groups excluding carboxylic acids is 1. The van der Waals surface area contributed by atoms with E-state index in [2.05, 4.69) is 15.3 Å². The fourth-order valence-electron chi connectivity index (χ4n) is 3.53. The van der Waals surface area contributed by atoms with Gasteiger partial charge in [0, 0.05) is 26.8 Å². The highest BCUT2D eigenvalue weighted by molar-refractivity contribution is 7.90. The average molecular weight is 510 g/mol. The van der Waals surface area contributed by atoms with Gasteiger partial charge in [0.25, 0.3) is 15.9 Å². The van der Waals surface area contributed by atoms with Crippen molar-refractivity contribution in [3.8, 4) is 0 Å². The van der Waals surface area contributed by atoms with Gasteiger partial charge < -0.3 is 10.2 Å². The summed E-state index contributed by atoms with van der Waals surface area (Å²) in [6.07, 6.45) is 0. The van der Waals surface area contributed by atoms with E-state index in [1.165, 1.54) is 13.1 Å². The van der Waals surface area contributed by atoms with Crippen molar-refractivity contribution < 1.29 is 13.2 Å². The quantitative estimate of drug-likeness (QED) is 0.500. The van der Waals surface area contributed by atoms with Crippen molar-refractivity contribution in [3.05, 3.63) is 77.3 Å². The van der Waals surface area contributed by atoms with Crippen LogP contribution in [0.1, 0.15) is 5.56 Å². The van der Waals surface area contributed by atoms with Gasteiger partial charge in [0.2, 0.25) is 0 Å². The Morgan fingerprint density at radius 3 is 2.43 bits per heavy atom. The van der Waals surface area contributed by atoms with Gasteiger partial charge in [-0.05, 0) is 55.0 Å². The van der Waals surface area contributed by atoms with Gasteiger partial charge in [-0.3, -0.25) is 9.10 Å². The second-order valence-corrected chi connectivity index (χ2v) is 10.5. The van der Waals surface area contributed by atoms with Crippen molar-refractivity contribution in [2.24, 2.45) is 9.98 Å². The molecule has 0 spiro atoms. The summed E-state index contributed by atoms with van der Waals surface area (Å²) in [4.78, 5) is 24.6. The standard InChI is InChI=1S/C25H24ClN5O3S/c1-16-15-17(30(2)3)13-14-19(16)27-23(25(32)29-20-10-6-5-9-18(20)26)24-28-21-11-7-8-12-22(21)35(33,34)31(24)4/h5-15H,1-4H3,(H,29,32). The molecule has 0 saturated heterocycles. The van der Waals surface area contributed by atoms with Gasteiger partial charge in [-0.15, -0.1) is 0 Å². The largest absolute Gasteiger partial charge is 0.378 e. The van der Waals surface area contributed by atoms with E-state index >= 15 is 0 Å². The summed E-state index contributed by atoms with van der Waals surface area (Å²) in [5.74, 6) is -0.737. The minimum atomic E-state index is -3.94. The minimum absolute atomic E-state index is 0.0589. The molecule has 8 nitrogen and oxygen atoms in total. The molecule has 0 unspecified atom stereocenters. The number of aryl methyl sites for hydroxylation is 1. The Bertz CT molecular complexity index is 1480. The van der Waals surface area contributed by atoms with E-state index in [0.717, 1.165) is 15.6 Å². The molecule has 1 aliphatic rings. The molecule has 1 N–H and O–H groups in total. The van der Waals surface area contributed by atoms with Crippen LogP contribution in [0.15, 0.2) is 81.6 Å². The molecule has 180 valence electrons. The van der Waals surface area contributed by atoms with E-state index in [0.29, 0.717) is 16.4 Å². The van der Waals surface area contributed by atoms with Crippen molar-refractivity contribution in [2.45, 2.75) is 11.8 Å². The number of rotatable bonds is 5. The zero-order chi connectivity index (χ0) is 25.3. The van der Waals surface area contributed by atoms with Crippen LogP contribution in [0.25, 0.3) is 0 Å². The molecule has 35 heavy (non-hydrogen) atoms. The van der Waals surface area contributed by atoms with Gasteiger partial charge in [0.1, 0.15) is 4.90 Å². The zero-order valence-electron chi connectivity index (χ0n) is 19.7. The highest BCUT2D eigenvalue weighted by Crippen LogP contribution is 2.32. The SMILES string of the molecule is Cc1cc(N(C)C)ccc1N=C(C(=O)Nc1ccccc1Cl)C1=Nc2ccccc2S(=O)(=O)N1C. The van der Waals surface area contributed by atoms with Crippen LogP contribution in [0.5, 0.6) is 0 Å². The molecule has 3 aromatic carbocycles. The van der Waals surface area contributed by atoms with E-state index in [9.17, 15) is 13.2 Å². The first kappa shape index (κ1) is 24.4. The third-order valence-corrected chi connectivity index (χ3v) is 7.63. The van der Waals surface area contributed by atoms with Crippen LogP contribution in [0, 0.1) is 6.92 Å². The lowest BCUT2D eigenvalue weighted by molar-refractivity contribution is -0.110. The van der Waals surface area contributed by atoms with Crippen LogP contribution >= 0.6 is 11.6 Å². The second kappa shape index (κ2) is 9.52. The molecule has 4 rings (SSSR count). The lowest BCUT2D eigenvalue weighted by Gasteiger charge is -2.27. The number of nitrogens with one attached hydrogen (secondary N) is 1. The van der Waals surface area contributed by atoms with Gasteiger partial charge in [-0.2, -0.15) is 0 Å². The number of halogens is 1. The Balaban J connectivity index is 1.89. The van der Waals surface area contributed by atoms with Crippen LogP contribution in [-0.4, -0.2) is 51.3 Å². The number of fused-ring (bicyclic) bond motifs is 1. The lowest BCUT2D eigenvalue weighted by Crippen LogP contribution is -2.44. The van der Waals surface area contributed by atoms with Crippen LogP contribution in [0.2, 0.25) is 5.02 Å². The highest BCUT2D eigenvalue weighted by Gasteiger charge is 2.36. The van der Waals surface area contributed by atoms with E-state index in [-0.39, 0.29) is 22.1 Å². The third-order valence-electron chi connectivity index (χ3n) is 5.51. The maximum Gasteiger partial charge on any atom is 0.278 e. The summed E-state index contributed by atoms with van der Waals surface area (Å²) in [7, 11) is 1.26. The first-order valence-corrected chi connectivity index (χ1v) is 12.5. The summed E-state index contributed by atoms with van der Waals surface area (Å²) < 4.78 is 27.4. The summed E-state index contributed by atoms with van der Waals surface area (Å²) >= 11 is 6.24. The molecule has 1 aliphatic heterocycles. The van der Waals surface area contributed by atoms with Crippen molar-refractivity contribution in [1.29, 1.82) is 0 Å². The van der Waals surface area contributed by atoms with E-state index < -0.39 is 15.9 Å². The van der Waals surface area contributed by atoms with Crippen LogP contribution in [0.4, 0.5) is 22.7 Å². The molecule has 0 atom stereocenters. The van der Waals surface area contributed by atoms with Crippen LogP contribution in [0.3, 0.4) is 0 Å².